The topological polar surface area (TPSA) is 17.1 Å². The second-order valence-corrected chi connectivity index (χ2v) is 1.57. The molecule has 0 aliphatic carbocycles. The van der Waals surface area contributed by atoms with Gasteiger partial charge in [0.05, 0.1) is 0 Å². The fourth-order valence-corrected chi connectivity index (χ4v) is 0.346. The fourth-order valence-electron chi connectivity index (χ4n) is 0.346. The number of hydrogen-bond acceptors (Lipinski definition) is 1. The Morgan fingerprint density at radius 2 is 2.25 bits per heavy atom. The second-order valence-electron chi connectivity index (χ2n) is 1.57. The standard InChI is InChI=1S/C7H10O/c1-3-7(2)5-4-6-8/h3,6H,1-2,4-5H2. The number of aldehydes is 1. The molecule has 0 aromatic heterocycles. The highest BCUT2D eigenvalue weighted by Crippen LogP contribution is 1.99. The van der Waals surface area contributed by atoms with Crippen LogP contribution in [0, 0.1) is 0 Å². The largest absolute Gasteiger partial charge is 0.303 e. The summed E-state index contributed by atoms with van der Waals surface area (Å²) < 4.78 is 0. The van der Waals surface area contributed by atoms with E-state index in [4.69, 9.17) is 0 Å². The van der Waals surface area contributed by atoms with Crippen molar-refractivity contribution >= 4 is 6.29 Å². The van der Waals surface area contributed by atoms with E-state index in [-0.39, 0.29) is 0 Å². The van der Waals surface area contributed by atoms with Crippen molar-refractivity contribution in [2.45, 2.75) is 12.8 Å². The van der Waals surface area contributed by atoms with E-state index in [9.17, 15) is 4.79 Å². The lowest BCUT2D eigenvalue weighted by atomic mass is 10.2. The van der Waals surface area contributed by atoms with Crippen molar-refractivity contribution in [2.75, 3.05) is 0 Å². The Kier molecular flexibility index (Phi) is 3.85. The fraction of sp³-hybridized carbons (Fsp3) is 0.286. The molecule has 0 bridgehead atoms. The van der Waals surface area contributed by atoms with Crippen molar-refractivity contribution in [1.29, 1.82) is 0 Å². The molecule has 0 aliphatic heterocycles. The van der Waals surface area contributed by atoms with Gasteiger partial charge in [-0.15, -0.1) is 0 Å². The van der Waals surface area contributed by atoms with Gasteiger partial charge in [-0.05, 0) is 6.42 Å². The van der Waals surface area contributed by atoms with Gasteiger partial charge in [0.1, 0.15) is 6.29 Å². The number of rotatable bonds is 4. The van der Waals surface area contributed by atoms with Crippen molar-refractivity contribution in [2.24, 2.45) is 0 Å². The Labute approximate surface area is 49.7 Å². The highest BCUT2D eigenvalue weighted by atomic mass is 16.1. The normalized spacial score (nSPS) is 8.00. The van der Waals surface area contributed by atoms with E-state index in [0.717, 1.165) is 18.3 Å². The first-order valence-corrected chi connectivity index (χ1v) is 2.55. The van der Waals surface area contributed by atoms with E-state index in [2.05, 4.69) is 13.2 Å². The molecule has 0 saturated carbocycles. The number of carbonyl (C=O) groups excluding carboxylic acids is 1. The molecule has 0 N–H and O–H groups in total. The zero-order chi connectivity index (χ0) is 6.41. The first kappa shape index (κ1) is 7.15. The molecule has 0 heterocycles. The molecule has 0 unspecified atom stereocenters. The van der Waals surface area contributed by atoms with Gasteiger partial charge in [-0.2, -0.15) is 0 Å². The van der Waals surface area contributed by atoms with E-state index in [1.54, 1.807) is 6.08 Å². The third kappa shape index (κ3) is 3.34. The van der Waals surface area contributed by atoms with Crippen LogP contribution in [0.1, 0.15) is 12.8 Å². The molecule has 0 aliphatic rings. The van der Waals surface area contributed by atoms with Gasteiger partial charge >= 0.3 is 0 Å². The Balaban J connectivity index is 3.24. The average molecular weight is 110 g/mol. The van der Waals surface area contributed by atoms with Gasteiger partial charge in [-0.1, -0.05) is 24.8 Å². The summed E-state index contributed by atoms with van der Waals surface area (Å²) in [5, 5.41) is 0. The minimum absolute atomic E-state index is 0.560. The van der Waals surface area contributed by atoms with Crippen LogP contribution in [0.2, 0.25) is 0 Å². The van der Waals surface area contributed by atoms with Gasteiger partial charge in [0, 0.05) is 6.42 Å². The average Bonchev–Trinajstić information content (AvgIpc) is 1.83. The molecular weight excluding hydrogens is 100 g/mol. The van der Waals surface area contributed by atoms with Gasteiger partial charge < -0.3 is 4.79 Å². The molecule has 0 spiro atoms. The van der Waals surface area contributed by atoms with Crippen molar-refractivity contribution in [3.05, 3.63) is 24.8 Å². The summed E-state index contributed by atoms with van der Waals surface area (Å²) in [4.78, 5) is 9.75. The van der Waals surface area contributed by atoms with Crippen LogP contribution >= 0.6 is 0 Å². The zero-order valence-corrected chi connectivity index (χ0v) is 4.89. The number of hydrogen-bond donors (Lipinski definition) is 0. The molecule has 1 nitrogen and oxygen atoms in total. The molecule has 0 amide bonds. The van der Waals surface area contributed by atoms with Crippen molar-refractivity contribution < 1.29 is 4.79 Å². The molecule has 0 aromatic carbocycles. The van der Waals surface area contributed by atoms with Crippen LogP contribution in [-0.4, -0.2) is 6.29 Å². The van der Waals surface area contributed by atoms with Gasteiger partial charge in [0.2, 0.25) is 0 Å². The van der Waals surface area contributed by atoms with Crippen LogP contribution < -0.4 is 0 Å². The molecular formula is C7H10O. The van der Waals surface area contributed by atoms with Crippen LogP contribution in [0.15, 0.2) is 24.8 Å². The van der Waals surface area contributed by atoms with Crippen LogP contribution in [0.25, 0.3) is 0 Å². The SMILES string of the molecule is C=CC(=C)CCC=O. The summed E-state index contributed by atoms with van der Waals surface area (Å²) in [5.41, 5.74) is 0.928. The lowest BCUT2D eigenvalue weighted by Gasteiger charge is -1.89. The number of allylic oxidation sites excluding steroid dienone is 2. The Morgan fingerprint density at radius 1 is 1.62 bits per heavy atom. The quantitative estimate of drug-likeness (QED) is 0.397. The summed E-state index contributed by atoms with van der Waals surface area (Å²) in [7, 11) is 0. The monoisotopic (exact) mass is 110 g/mol. The predicted molar refractivity (Wildman–Crippen MR) is 34.6 cm³/mol. The third-order valence-corrected chi connectivity index (χ3v) is 0.872. The summed E-state index contributed by atoms with van der Waals surface area (Å²) in [6, 6.07) is 0. The molecule has 0 saturated heterocycles. The summed E-state index contributed by atoms with van der Waals surface area (Å²) >= 11 is 0. The Hall–Kier alpha value is -0.850. The molecule has 1 heteroatoms. The Bertz CT molecular complexity index is 103. The molecule has 0 atom stereocenters. The molecule has 0 rings (SSSR count). The van der Waals surface area contributed by atoms with Gasteiger partial charge in [0.25, 0.3) is 0 Å². The second kappa shape index (κ2) is 4.31. The molecule has 0 aromatic rings. The highest BCUT2D eigenvalue weighted by Gasteiger charge is 1.84. The molecule has 0 radical (unpaired) electrons. The minimum atomic E-state index is 0.560. The summed E-state index contributed by atoms with van der Waals surface area (Å²) in [6.45, 7) is 7.13. The lowest BCUT2D eigenvalue weighted by Crippen LogP contribution is -1.76. The maximum atomic E-state index is 9.75. The molecule has 0 fully saturated rings. The van der Waals surface area contributed by atoms with E-state index in [1.165, 1.54) is 0 Å². The van der Waals surface area contributed by atoms with Gasteiger partial charge in [-0.25, -0.2) is 0 Å². The van der Waals surface area contributed by atoms with Gasteiger partial charge in [-0.3, -0.25) is 0 Å². The van der Waals surface area contributed by atoms with E-state index in [0.29, 0.717) is 6.42 Å². The van der Waals surface area contributed by atoms with Crippen LogP contribution in [-0.2, 0) is 4.79 Å². The predicted octanol–water partition coefficient (Wildman–Crippen LogP) is 1.71. The van der Waals surface area contributed by atoms with Crippen LogP contribution in [0.5, 0.6) is 0 Å². The first-order chi connectivity index (χ1) is 3.81. The zero-order valence-electron chi connectivity index (χ0n) is 4.89. The van der Waals surface area contributed by atoms with Crippen molar-refractivity contribution in [1.82, 2.24) is 0 Å². The maximum absolute atomic E-state index is 9.75. The Morgan fingerprint density at radius 3 is 2.62 bits per heavy atom. The lowest BCUT2D eigenvalue weighted by molar-refractivity contribution is -0.107. The maximum Gasteiger partial charge on any atom is 0.120 e. The highest BCUT2D eigenvalue weighted by molar-refractivity contribution is 5.50. The van der Waals surface area contributed by atoms with Gasteiger partial charge in [0.15, 0.2) is 0 Å². The van der Waals surface area contributed by atoms with Crippen LogP contribution in [0.3, 0.4) is 0 Å². The van der Waals surface area contributed by atoms with Crippen LogP contribution in [0.4, 0.5) is 0 Å². The summed E-state index contributed by atoms with van der Waals surface area (Å²) in [6.07, 6.45) is 3.86. The molecule has 8 heavy (non-hydrogen) atoms. The first-order valence-electron chi connectivity index (χ1n) is 2.55. The summed E-state index contributed by atoms with van der Waals surface area (Å²) in [5.74, 6) is 0. The van der Waals surface area contributed by atoms with E-state index >= 15 is 0 Å². The van der Waals surface area contributed by atoms with Crippen molar-refractivity contribution in [3.8, 4) is 0 Å². The van der Waals surface area contributed by atoms with E-state index in [1.807, 2.05) is 0 Å². The van der Waals surface area contributed by atoms with E-state index < -0.39 is 0 Å². The molecule has 44 valence electrons. The minimum Gasteiger partial charge on any atom is -0.303 e. The third-order valence-electron chi connectivity index (χ3n) is 0.872. The number of carbonyl (C=O) groups is 1. The van der Waals surface area contributed by atoms with Crippen molar-refractivity contribution in [3.63, 3.8) is 0 Å². The smallest absolute Gasteiger partial charge is 0.120 e.